The lowest BCUT2D eigenvalue weighted by Crippen LogP contribution is -2.21. The van der Waals surface area contributed by atoms with Crippen LogP contribution in [0.3, 0.4) is 0 Å². The smallest absolute Gasteiger partial charge is 0.347 e. The lowest BCUT2D eigenvalue weighted by Gasteiger charge is -2.20. The molecule has 2 aromatic heterocycles. The van der Waals surface area contributed by atoms with Crippen LogP contribution in [0.4, 0.5) is 5.82 Å². The highest BCUT2D eigenvalue weighted by atomic mass is 16.5. The Hall–Kier alpha value is -5.29. The van der Waals surface area contributed by atoms with Gasteiger partial charge in [-0.25, -0.2) is 9.78 Å². The van der Waals surface area contributed by atoms with Crippen LogP contribution in [0, 0.1) is 11.3 Å². The molecule has 8 nitrogen and oxygen atoms in total. The molecule has 0 aliphatic carbocycles. The summed E-state index contributed by atoms with van der Waals surface area (Å²) in [4.78, 5) is 20.6. The van der Waals surface area contributed by atoms with E-state index in [0.717, 1.165) is 64.9 Å². The fourth-order valence-electron chi connectivity index (χ4n) is 6.14. The first kappa shape index (κ1) is 29.8. The quantitative estimate of drug-likeness (QED) is 0.156. The molecule has 0 spiro atoms. The Balaban J connectivity index is 1.53. The van der Waals surface area contributed by atoms with E-state index in [9.17, 15) is 10.1 Å². The zero-order chi connectivity index (χ0) is 31.3. The van der Waals surface area contributed by atoms with Crippen molar-refractivity contribution in [3.8, 4) is 29.0 Å². The van der Waals surface area contributed by atoms with Crippen LogP contribution in [0.1, 0.15) is 52.4 Å². The van der Waals surface area contributed by atoms with Crippen molar-refractivity contribution in [2.24, 2.45) is 7.05 Å². The Morgan fingerprint density at radius 2 is 1.58 bits per heavy atom. The van der Waals surface area contributed by atoms with E-state index in [1.807, 2.05) is 92.8 Å². The number of anilines is 1. The molecule has 1 fully saturated rings. The highest BCUT2D eigenvalue weighted by Gasteiger charge is 2.29. The number of benzene rings is 3. The number of nitriles is 1. The van der Waals surface area contributed by atoms with Gasteiger partial charge in [0.2, 0.25) is 5.88 Å². The molecule has 8 heteroatoms. The minimum absolute atomic E-state index is 0.132. The maximum atomic E-state index is 13.4. The Kier molecular flexibility index (Phi) is 8.70. The van der Waals surface area contributed by atoms with Gasteiger partial charge in [0.1, 0.15) is 36.4 Å². The summed E-state index contributed by atoms with van der Waals surface area (Å²) in [5, 5.41) is 11.2. The molecular weight excluding hydrogens is 564 g/mol. The number of pyridine rings is 1. The first-order valence-corrected chi connectivity index (χ1v) is 15.3. The van der Waals surface area contributed by atoms with Crippen LogP contribution < -0.4 is 14.4 Å². The maximum absolute atomic E-state index is 13.4. The van der Waals surface area contributed by atoms with Gasteiger partial charge in [0.25, 0.3) is 0 Å². The van der Waals surface area contributed by atoms with Gasteiger partial charge in [-0.2, -0.15) is 5.26 Å². The van der Waals surface area contributed by atoms with Crippen LogP contribution in [0.2, 0.25) is 0 Å². The molecular formula is C37H36N4O4. The van der Waals surface area contributed by atoms with Gasteiger partial charge in [0.05, 0.1) is 18.3 Å². The molecule has 1 aliphatic rings. The maximum Gasteiger partial charge on any atom is 0.347 e. The molecule has 0 saturated carbocycles. The average Bonchev–Trinajstić information content (AvgIpc) is 3.72. The summed E-state index contributed by atoms with van der Waals surface area (Å²) in [6.07, 6.45) is 2.77. The molecule has 1 aliphatic heterocycles. The predicted octanol–water partition coefficient (Wildman–Crippen LogP) is 7.22. The second-order valence-corrected chi connectivity index (χ2v) is 11.1. The number of fused-ring (bicyclic) bond motifs is 1. The highest BCUT2D eigenvalue weighted by molar-refractivity contribution is 5.98. The summed E-state index contributed by atoms with van der Waals surface area (Å²) in [6, 6.07) is 28.1. The SMILES string of the molecule is CCc1c(-c2ccc3c(c2)c(C#N)c(N2CCCC2)n3C)nc(OCc2ccccc2)c(C(=O)OC)c1OCc1ccccc1. The molecule has 1 saturated heterocycles. The van der Waals surface area contributed by atoms with E-state index in [4.69, 9.17) is 19.2 Å². The third-order valence-electron chi connectivity index (χ3n) is 8.36. The van der Waals surface area contributed by atoms with Crippen LogP contribution in [0.25, 0.3) is 22.2 Å². The van der Waals surface area contributed by atoms with Gasteiger partial charge >= 0.3 is 5.97 Å². The normalized spacial score (nSPS) is 12.7. The molecule has 6 rings (SSSR count). The van der Waals surface area contributed by atoms with Crippen molar-refractivity contribution in [3.05, 3.63) is 107 Å². The minimum Gasteiger partial charge on any atom is -0.487 e. The lowest BCUT2D eigenvalue weighted by atomic mass is 9.98. The number of rotatable bonds is 10. The number of hydrogen-bond acceptors (Lipinski definition) is 7. The van der Waals surface area contributed by atoms with Crippen molar-refractivity contribution in [1.82, 2.24) is 9.55 Å². The predicted molar refractivity (Wildman–Crippen MR) is 175 cm³/mol. The van der Waals surface area contributed by atoms with E-state index in [1.165, 1.54) is 7.11 Å². The van der Waals surface area contributed by atoms with Gasteiger partial charge < -0.3 is 23.7 Å². The number of ether oxygens (including phenoxy) is 3. The Morgan fingerprint density at radius 3 is 2.18 bits per heavy atom. The zero-order valence-corrected chi connectivity index (χ0v) is 25.9. The van der Waals surface area contributed by atoms with Gasteiger partial charge in [0, 0.05) is 36.7 Å². The molecule has 5 aromatic rings. The monoisotopic (exact) mass is 600 g/mol. The minimum atomic E-state index is -0.588. The number of aromatic nitrogens is 2. The van der Waals surface area contributed by atoms with Crippen LogP contribution in [-0.2, 0) is 31.4 Å². The second-order valence-electron chi connectivity index (χ2n) is 11.1. The lowest BCUT2D eigenvalue weighted by molar-refractivity contribution is 0.0588. The Morgan fingerprint density at radius 1 is 0.933 bits per heavy atom. The van der Waals surface area contributed by atoms with Crippen LogP contribution in [0.15, 0.2) is 78.9 Å². The number of esters is 1. The summed E-state index contributed by atoms with van der Waals surface area (Å²) in [7, 11) is 3.36. The van der Waals surface area contributed by atoms with Crippen molar-refractivity contribution in [2.75, 3.05) is 25.1 Å². The van der Waals surface area contributed by atoms with Crippen molar-refractivity contribution >= 4 is 22.7 Å². The number of carbonyl (C=O) groups excluding carboxylic acids is 1. The summed E-state index contributed by atoms with van der Waals surface area (Å²) in [5.41, 5.74) is 5.87. The van der Waals surface area contributed by atoms with Gasteiger partial charge in [-0.3, -0.25) is 0 Å². The van der Waals surface area contributed by atoms with Gasteiger partial charge in [-0.15, -0.1) is 0 Å². The third-order valence-corrected chi connectivity index (χ3v) is 8.36. The Bertz CT molecular complexity index is 1870. The molecule has 0 radical (unpaired) electrons. The third kappa shape index (κ3) is 5.82. The van der Waals surface area contributed by atoms with E-state index < -0.39 is 5.97 Å². The van der Waals surface area contributed by atoms with Gasteiger partial charge in [-0.1, -0.05) is 73.7 Å². The molecule has 0 bridgehead atoms. The molecule has 3 aromatic carbocycles. The number of aryl methyl sites for hydroxylation is 1. The summed E-state index contributed by atoms with van der Waals surface area (Å²) < 4.78 is 20.1. The first-order valence-electron chi connectivity index (χ1n) is 15.3. The van der Waals surface area contributed by atoms with Gasteiger partial charge in [-0.05, 0) is 42.5 Å². The number of carbonyl (C=O) groups is 1. The van der Waals surface area contributed by atoms with Crippen molar-refractivity contribution in [2.45, 2.75) is 39.4 Å². The molecule has 0 unspecified atom stereocenters. The van der Waals surface area contributed by atoms with E-state index in [0.29, 0.717) is 23.4 Å². The molecule has 228 valence electrons. The number of hydrogen-bond donors (Lipinski definition) is 0. The van der Waals surface area contributed by atoms with Crippen molar-refractivity contribution in [1.29, 1.82) is 5.26 Å². The fourth-order valence-corrected chi connectivity index (χ4v) is 6.14. The fraction of sp³-hybridized carbons (Fsp3) is 0.270. The number of methoxy groups -OCH3 is 1. The summed E-state index contributed by atoms with van der Waals surface area (Å²) >= 11 is 0. The molecule has 45 heavy (non-hydrogen) atoms. The van der Waals surface area contributed by atoms with E-state index in [2.05, 4.69) is 15.5 Å². The molecule has 0 atom stereocenters. The second kappa shape index (κ2) is 13.1. The van der Waals surface area contributed by atoms with E-state index >= 15 is 0 Å². The molecule has 0 N–H and O–H groups in total. The van der Waals surface area contributed by atoms with E-state index in [-0.39, 0.29) is 24.7 Å². The topological polar surface area (TPSA) is 89.6 Å². The Labute approximate surface area is 263 Å². The molecule has 0 amide bonds. The first-order chi connectivity index (χ1) is 22.0. The van der Waals surface area contributed by atoms with Crippen LogP contribution >= 0.6 is 0 Å². The largest absolute Gasteiger partial charge is 0.487 e. The van der Waals surface area contributed by atoms with Gasteiger partial charge in [0.15, 0.2) is 5.56 Å². The van der Waals surface area contributed by atoms with Crippen LogP contribution in [-0.4, -0.2) is 35.7 Å². The van der Waals surface area contributed by atoms with Crippen molar-refractivity contribution in [3.63, 3.8) is 0 Å². The average molecular weight is 601 g/mol. The summed E-state index contributed by atoms with van der Waals surface area (Å²) in [6.45, 7) is 4.33. The standard InChI is InChI=1S/C37H36N4O4/c1-4-28-33(27-17-18-31-29(21-27)30(22-38)36(40(31)2)41-19-11-12-20-41)39-35(45-24-26-15-9-6-10-16-26)32(37(42)43-3)34(28)44-23-25-13-7-5-8-14-25/h5-10,13-18,21H,4,11-12,19-20,23-24H2,1-3H3. The summed E-state index contributed by atoms with van der Waals surface area (Å²) in [5.74, 6) is 0.876. The molecule has 3 heterocycles. The number of nitrogens with zero attached hydrogens (tertiary/aromatic N) is 4. The van der Waals surface area contributed by atoms with E-state index in [1.54, 1.807) is 0 Å². The van der Waals surface area contributed by atoms with Crippen LogP contribution in [0.5, 0.6) is 11.6 Å². The zero-order valence-electron chi connectivity index (χ0n) is 25.9. The highest BCUT2D eigenvalue weighted by Crippen LogP contribution is 2.41. The van der Waals surface area contributed by atoms with Crippen molar-refractivity contribution < 1.29 is 19.0 Å².